The molecule has 1 saturated heterocycles. The first-order valence-corrected chi connectivity index (χ1v) is 10.2. The van der Waals surface area contributed by atoms with Gasteiger partial charge >= 0.3 is 5.97 Å². The quantitative estimate of drug-likeness (QED) is 0.492. The van der Waals surface area contributed by atoms with Crippen molar-refractivity contribution in [1.29, 1.82) is 0 Å². The van der Waals surface area contributed by atoms with Gasteiger partial charge in [0.1, 0.15) is 18.1 Å². The van der Waals surface area contributed by atoms with E-state index in [1.807, 2.05) is 6.92 Å². The molecule has 0 aromatic rings. The maximum absolute atomic E-state index is 12.3. The summed E-state index contributed by atoms with van der Waals surface area (Å²) in [5.74, 6) is 2.24. The molecular formula is C16H28O4Si. The molecular weight excluding hydrogens is 284 g/mol. The fraction of sp³-hybridized carbons (Fsp3) is 0.812. The van der Waals surface area contributed by atoms with Crippen molar-refractivity contribution in [1.82, 2.24) is 0 Å². The third kappa shape index (κ3) is 2.77. The first kappa shape index (κ1) is 18.2. The van der Waals surface area contributed by atoms with E-state index in [0.717, 1.165) is 0 Å². The number of aliphatic hydroxyl groups excluding tert-OH is 1. The molecule has 0 radical (unpaired) electrons. The van der Waals surface area contributed by atoms with Crippen LogP contribution in [0.3, 0.4) is 0 Å². The summed E-state index contributed by atoms with van der Waals surface area (Å²) in [4.78, 5) is 12.3. The van der Waals surface area contributed by atoms with Gasteiger partial charge in [-0.15, -0.1) is 6.42 Å². The Balaban J connectivity index is 3.21. The van der Waals surface area contributed by atoms with Gasteiger partial charge in [-0.25, -0.2) is 0 Å². The first-order chi connectivity index (χ1) is 9.35. The number of aliphatic hydroxyl groups is 1. The summed E-state index contributed by atoms with van der Waals surface area (Å²) in [6, 6.07) is 0. The van der Waals surface area contributed by atoms with E-state index in [4.69, 9.17) is 15.6 Å². The van der Waals surface area contributed by atoms with Crippen LogP contribution in [0.2, 0.25) is 18.1 Å². The number of esters is 1. The van der Waals surface area contributed by atoms with Crippen LogP contribution < -0.4 is 0 Å². The van der Waals surface area contributed by atoms with Gasteiger partial charge in [0.05, 0.1) is 6.61 Å². The van der Waals surface area contributed by atoms with Gasteiger partial charge < -0.3 is 14.3 Å². The third-order valence-electron chi connectivity index (χ3n) is 5.44. The molecule has 0 unspecified atom stereocenters. The third-order valence-corrected chi connectivity index (χ3v) is 9.88. The molecule has 4 nitrogen and oxygen atoms in total. The Labute approximate surface area is 129 Å². The largest absolute Gasteiger partial charge is 0.464 e. The Morgan fingerprint density at radius 1 is 1.48 bits per heavy atom. The van der Waals surface area contributed by atoms with Crippen molar-refractivity contribution in [3.05, 3.63) is 0 Å². The average Bonchev–Trinajstić information content (AvgIpc) is 2.60. The van der Waals surface area contributed by atoms with E-state index >= 15 is 0 Å². The Morgan fingerprint density at radius 3 is 2.38 bits per heavy atom. The number of hydrogen-bond acceptors (Lipinski definition) is 4. The SMILES string of the molecule is C#C[C@H](O[Si](C)(C)C(C)(C)C)[C@@]1(C)C(=O)OC[C@]1(C)CO. The van der Waals surface area contributed by atoms with Crippen LogP contribution >= 0.6 is 0 Å². The van der Waals surface area contributed by atoms with E-state index in [0.29, 0.717) is 0 Å². The Morgan fingerprint density at radius 2 is 2.00 bits per heavy atom. The Bertz CT molecular complexity index is 460. The van der Waals surface area contributed by atoms with E-state index < -0.39 is 25.3 Å². The number of hydrogen-bond donors (Lipinski definition) is 1. The van der Waals surface area contributed by atoms with Crippen molar-refractivity contribution in [2.45, 2.75) is 58.9 Å². The molecule has 1 rings (SSSR count). The van der Waals surface area contributed by atoms with Crippen molar-refractivity contribution in [3.8, 4) is 12.3 Å². The molecule has 0 aliphatic carbocycles. The maximum atomic E-state index is 12.3. The summed E-state index contributed by atoms with van der Waals surface area (Å²) in [6.45, 7) is 14.1. The van der Waals surface area contributed by atoms with Crippen LogP contribution in [0.5, 0.6) is 0 Å². The number of carbonyl (C=O) groups excluding carboxylic acids is 1. The van der Waals surface area contributed by atoms with Crippen LogP contribution in [0.4, 0.5) is 0 Å². The van der Waals surface area contributed by atoms with Gasteiger partial charge in [-0.1, -0.05) is 33.6 Å². The zero-order chi connectivity index (χ0) is 16.7. The van der Waals surface area contributed by atoms with Crippen molar-refractivity contribution in [2.75, 3.05) is 13.2 Å². The maximum Gasteiger partial charge on any atom is 0.316 e. The van der Waals surface area contributed by atoms with Crippen LogP contribution in [0, 0.1) is 23.2 Å². The lowest BCUT2D eigenvalue weighted by Gasteiger charge is -2.44. The van der Waals surface area contributed by atoms with Crippen molar-refractivity contribution in [3.63, 3.8) is 0 Å². The van der Waals surface area contributed by atoms with Crippen molar-refractivity contribution in [2.24, 2.45) is 10.8 Å². The summed E-state index contributed by atoms with van der Waals surface area (Å²) in [5.41, 5.74) is -1.77. The molecule has 1 fully saturated rings. The summed E-state index contributed by atoms with van der Waals surface area (Å²) in [5, 5.41) is 9.72. The van der Waals surface area contributed by atoms with Crippen molar-refractivity contribution < 1.29 is 19.1 Å². The molecule has 0 saturated carbocycles. The molecule has 1 aliphatic heterocycles. The molecule has 0 aromatic carbocycles. The number of cyclic esters (lactones) is 1. The van der Waals surface area contributed by atoms with Gasteiger partial charge in [-0.3, -0.25) is 4.79 Å². The summed E-state index contributed by atoms with van der Waals surface area (Å²) < 4.78 is 11.5. The van der Waals surface area contributed by atoms with Gasteiger partial charge in [-0.05, 0) is 25.1 Å². The minimum atomic E-state index is -2.14. The second kappa shape index (κ2) is 5.42. The summed E-state index contributed by atoms with van der Waals surface area (Å²) in [6.07, 6.45) is 4.98. The molecule has 0 bridgehead atoms. The first-order valence-electron chi connectivity index (χ1n) is 7.28. The highest BCUT2D eigenvalue weighted by Gasteiger charge is 2.62. The van der Waals surface area contributed by atoms with Crippen LogP contribution in [0.15, 0.2) is 0 Å². The lowest BCUT2D eigenvalue weighted by molar-refractivity contribution is -0.150. The normalized spacial score (nSPS) is 31.7. The summed E-state index contributed by atoms with van der Waals surface area (Å²) >= 11 is 0. The number of carbonyl (C=O) groups is 1. The standard InChI is InChI=1S/C16H28O4Si/c1-9-12(20-21(7,8)14(2,3)4)16(6)13(18)19-11-15(16,5)10-17/h1,12,17H,10-11H2,2-8H3/t12-,15-,16-/m0/s1. The minimum Gasteiger partial charge on any atom is -0.464 e. The zero-order valence-corrected chi connectivity index (χ0v) is 15.2. The molecule has 21 heavy (non-hydrogen) atoms. The van der Waals surface area contributed by atoms with Crippen LogP contribution in [-0.4, -0.2) is 38.7 Å². The smallest absolute Gasteiger partial charge is 0.316 e. The molecule has 1 aliphatic rings. The van der Waals surface area contributed by atoms with Gasteiger partial charge in [0.25, 0.3) is 0 Å². The van der Waals surface area contributed by atoms with Crippen LogP contribution in [0.25, 0.3) is 0 Å². The van der Waals surface area contributed by atoms with E-state index in [9.17, 15) is 9.90 Å². The van der Waals surface area contributed by atoms with Crippen molar-refractivity contribution >= 4 is 14.3 Å². The molecule has 0 aromatic heterocycles. The lowest BCUT2D eigenvalue weighted by atomic mass is 9.65. The minimum absolute atomic E-state index is 0.0173. The molecule has 3 atom stereocenters. The van der Waals surface area contributed by atoms with Gasteiger partial charge in [0, 0.05) is 5.41 Å². The number of ether oxygens (including phenoxy) is 1. The van der Waals surface area contributed by atoms with E-state index in [2.05, 4.69) is 39.8 Å². The molecule has 5 heteroatoms. The van der Waals surface area contributed by atoms with E-state index in [1.165, 1.54) is 0 Å². The Hall–Kier alpha value is -0.833. The molecule has 120 valence electrons. The summed E-state index contributed by atoms with van der Waals surface area (Å²) in [7, 11) is -2.14. The molecule has 1 N–H and O–H groups in total. The topological polar surface area (TPSA) is 55.8 Å². The fourth-order valence-corrected chi connectivity index (χ4v) is 3.44. The fourth-order valence-electron chi connectivity index (χ4n) is 2.19. The number of rotatable bonds is 4. The predicted octanol–water partition coefficient (Wildman–Crippen LogP) is 2.57. The highest BCUT2D eigenvalue weighted by Crippen LogP contribution is 2.50. The van der Waals surface area contributed by atoms with Crippen LogP contribution in [-0.2, 0) is 14.0 Å². The van der Waals surface area contributed by atoms with Gasteiger partial charge in [-0.2, -0.15) is 0 Å². The average molecular weight is 312 g/mol. The second-order valence-corrected chi connectivity index (χ2v) is 12.7. The van der Waals surface area contributed by atoms with Gasteiger partial charge in [0.15, 0.2) is 8.32 Å². The van der Waals surface area contributed by atoms with Crippen LogP contribution in [0.1, 0.15) is 34.6 Å². The van der Waals surface area contributed by atoms with Gasteiger partial charge in [0.2, 0.25) is 0 Å². The van der Waals surface area contributed by atoms with E-state index in [-0.39, 0.29) is 24.2 Å². The Kier molecular flexibility index (Phi) is 4.70. The lowest BCUT2D eigenvalue weighted by Crippen LogP contribution is -2.55. The predicted molar refractivity (Wildman–Crippen MR) is 85.2 cm³/mol. The number of terminal acetylenes is 1. The zero-order valence-electron chi connectivity index (χ0n) is 14.2. The second-order valence-electron chi connectivity index (χ2n) is 7.92. The highest BCUT2D eigenvalue weighted by atomic mass is 28.4. The molecule has 0 amide bonds. The highest BCUT2D eigenvalue weighted by molar-refractivity contribution is 6.74. The monoisotopic (exact) mass is 312 g/mol. The molecule has 0 spiro atoms. The molecule has 1 heterocycles. The van der Waals surface area contributed by atoms with E-state index in [1.54, 1.807) is 6.92 Å².